The van der Waals surface area contributed by atoms with Gasteiger partial charge in [0.2, 0.25) is 0 Å². The molecule has 1 heterocycles. The van der Waals surface area contributed by atoms with E-state index in [9.17, 15) is 8.42 Å². The van der Waals surface area contributed by atoms with E-state index in [1.165, 1.54) is 10.4 Å². The lowest BCUT2D eigenvalue weighted by Crippen LogP contribution is -2.45. The van der Waals surface area contributed by atoms with Crippen molar-refractivity contribution in [3.63, 3.8) is 0 Å². The maximum Gasteiger partial charge on any atom is 0.252 e. The van der Waals surface area contributed by atoms with Crippen LogP contribution in [0.1, 0.15) is 30.6 Å². The van der Waals surface area contributed by atoms with Gasteiger partial charge in [0.15, 0.2) is 0 Å². The predicted octanol–water partition coefficient (Wildman–Crippen LogP) is 1.76. The fourth-order valence-electron chi connectivity index (χ4n) is 2.78. The van der Waals surface area contributed by atoms with Gasteiger partial charge in [-0.25, -0.2) is 8.42 Å². The van der Waals surface area contributed by atoms with Gasteiger partial charge in [-0.1, -0.05) is 12.8 Å². The highest BCUT2D eigenvalue weighted by molar-refractivity contribution is 7.91. The molecule has 1 aromatic heterocycles. The van der Waals surface area contributed by atoms with Crippen LogP contribution in [0.25, 0.3) is 0 Å². The molecule has 1 aliphatic rings. The quantitative estimate of drug-likeness (QED) is 0.917. The maximum absolute atomic E-state index is 12.6. The molecule has 0 aliphatic heterocycles. The van der Waals surface area contributed by atoms with E-state index < -0.39 is 10.0 Å². The number of nitriles is 1. The second-order valence-corrected chi connectivity index (χ2v) is 8.41. The summed E-state index contributed by atoms with van der Waals surface area (Å²) in [5.74, 6) is 0.221. The lowest BCUT2D eigenvalue weighted by atomic mass is 9.85. The molecule has 20 heavy (non-hydrogen) atoms. The van der Waals surface area contributed by atoms with Gasteiger partial charge in [0.1, 0.15) is 15.2 Å². The molecule has 0 saturated heterocycles. The summed E-state index contributed by atoms with van der Waals surface area (Å²) in [5, 5.41) is 8.82. The van der Waals surface area contributed by atoms with Gasteiger partial charge < -0.3 is 5.73 Å². The Kier molecular flexibility index (Phi) is 4.81. The van der Waals surface area contributed by atoms with Gasteiger partial charge in [-0.3, -0.25) is 0 Å². The van der Waals surface area contributed by atoms with E-state index >= 15 is 0 Å². The topological polar surface area (TPSA) is 87.2 Å². The fraction of sp³-hybridized carbons (Fsp3) is 0.615. The van der Waals surface area contributed by atoms with Crippen LogP contribution in [-0.2, 0) is 10.0 Å². The van der Waals surface area contributed by atoms with Gasteiger partial charge in [-0.2, -0.15) is 9.57 Å². The van der Waals surface area contributed by atoms with Crippen molar-refractivity contribution in [1.82, 2.24) is 4.31 Å². The van der Waals surface area contributed by atoms with Crippen LogP contribution in [0.4, 0.5) is 0 Å². The van der Waals surface area contributed by atoms with E-state index in [4.69, 9.17) is 11.0 Å². The highest BCUT2D eigenvalue weighted by atomic mass is 32.2. The number of nitrogens with zero attached hydrogens (tertiary/aromatic N) is 2. The highest BCUT2D eigenvalue weighted by Crippen LogP contribution is 2.32. The molecule has 0 amide bonds. The average molecular weight is 313 g/mol. The molecule has 2 N–H and O–H groups in total. The average Bonchev–Trinajstić information content (AvgIpc) is 2.96. The Morgan fingerprint density at radius 2 is 2.15 bits per heavy atom. The standard InChI is InChI=1S/C13H19N3O2S2/c1-16(12-5-3-2-4-10(12)8-14)20(17,18)13-7-6-11(9-15)19-13/h6-7,10,12H,2-5,8,14H2,1H3. The normalized spacial score (nSPS) is 23.7. The Morgan fingerprint density at radius 1 is 1.45 bits per heavy atom. The summed E-state index contributed by atoms with van der Waals surface area (Å²) in [7, 11) is -1.90. The van der Waals surface area contributed by atoms with Crippen LogP contribution in [0.3, 0.4) is 0 Å². The van der Waals surface area contributed by atoms with E-state index in [2.05, 4.69) is 0 Å². The van der Waals surface area contributed by atoms with Crippen molar-refractivity contribution in [2.24, 2.45) is 11.7 Å². The van der Waals surface area contributed by atoms with Crippen LogP contribution in [0.2, 0.25) is 0 Å². The van der Waals surface area contributed by atoms with Crippen molar-refractivity contribution in [2.45, 2.75) is 35.9 Å². The first kappa shape index (κ1) is 15.4. The summed E-state index contributed by atoms with van der Waals surface area (Å²) < 4.78 is 26.9. The van der Waals surface area contributed by atoms with Crippen LogP contribution >= 0.6 is 11.3 Å². The molecule has 1 aliphatic carbocycles. The molecule has 1 saturated carbocycles. The second-order valence-electron chi connectivity index (χ2n) is 5.10. The molecule has 2 rings (SSSR count). The molecule has 110 valence electrons. The zero-order chi connectivity index (χ0) is 14.8. The van der Waals surface area contributed by atoms with Crippen LogP contribution in [-0.4, -0.2) is 32.4 Å². The summed E-state index contributed by atoms with van der Waals surface area (Å²) in [6.45, 7) is 0.512. The van der Waals surface area contributed by atoms with Crippen LogP contribution < -0.4 is 5.73 Å². The van der Waals surface area contributed by atoms with Gasteiger partial charge in [0.05, 0.1) is 0 Å². The van der Waals surface area contributed by atoms with Crippen molar-refractivity contribution in [1.29, 1.82) is 5.26 Å². The first-order valence-electron chi connectivity index (χ1n) is 6.68. The summed E-state index contributed by atoms with van der Waals surface area (Å²) in [5.41, 5.74) is 5.78. The van der Waals surface area contributed by atoms with Gasteiger partial charge in [-0.05, 0) is 37.4 Å². The molecule has 0 radical (unpaired) electrons. The zero-order valence-corrected chi connectivity index (χ0v) is 13.1. The lowest BCUT2D eigenvalue weighted by Gasteiger charge is -2.36. The van der Waals surface area contributed by atoms with Crippen LogP contribution in [0.15, 0.2) is 16.3 Å². The molecule has 2 unspecified atom stereocenters. The third-order valence-corrected chi connectivity index (χ3v) is 7.30. The van der Waals surface area contributed by atoms with E-state index in [-0.39, 0.29) is 16.2 Å². The van der Waals surface area contributed by atoms with Crippen molar-refractivity contribution in [3.05, 3.63) is 17.0 Å². The van der Waals surface area contributed by atoms with Crippen molar-refractivity contribution >= 4 is 21.4 Å². The monoisotopic (exact) mass is 313 g/mol. The summed E-state index contributed by atoms with van der Waals surface area (Å²) in [6, 6.07) is 5.00. The molecular weight excluding hydrogens is 294 g/mol. The van der Waals surface area contributed by atoms with E-state index in [0.717, 1.165) is 37.0 Å². The molecule has 0 spiro atoms. The third kappa shape index (κ3) is 2.88. The number of sulfonamides is 1. The van der Waals surface area contributed by atoms with Crippen molar-refractivity contribution < 1.29 is 8.42 Å². The lowest BCUT2D eigenvalue weighted by molar-refractivity contribution is 0.204. The van der Waals surface area contributed by atoms with Crippen molar-refractivity contribution in [2.75, 3.05) is 13.6 Å². The largest absolute Gasteiger partial charge is 0.330 e. The van der Waals surface area contributed by atoms with Crippen LogP contribution in [0.5, 0.6) is 0 Å². The SMILES string of the molecule is CN(C1CCCCC1CN)S(=O)(=O)c1ccc(C#N)s1. The number of rotatable bonds is 4. The number of nitrogens with two attached hydrogens (primary N) is 1. The minimum absolute atomic E-state index is 0.0358. The van der Waals surface area contributed by atoms with E-state index in [1.807, 2.05) is 6.07 Å². The summed E-state index contributed by atoms with van der Waals surface area (Å²) in [6.07, 6.45) is 3.99. The Morgan fingerprint density at radius 3 is 2.75 bits per heavy atom. The Hall–Kier alpha value is -0.940. The van der Waals surface area contributed by atoms with E-state index in [1.54, 1.807) is 13.1 Å². The highest BCUT2D eigenvalue weighted by Gasteiger charge is 2.35. The molecule has 7 heteroatoms. The number of thiophene rings is 1. The number of hydrogen-bond acceptors (Lipinski definition) is 5. The smallest absolute Gasteiger partial charge is 0.252 e. The fourth-order valence-corrected chi connectivity index (χ4v) is 5.52. The minimum atomic E-state index is -3.53. The second kappa shape index (κ2) is 6.22. The predicted molar refractivity (Wildman–Crippen MR) is 78.8 cm³/mol. The van der Waals surface area contributed by atoms with Gasteiger partial charge in [0, 0.05) is 13.1 Å². The van der Waals surface area contributed by atoms with Gasteiger partial charge >= 0.3 is 0 Å². The Bertz CT molecular complexity index is 603. The summed E-state index contributed by atoms with van der Waals surface area (Å²) in [4.78, 5) is 0.413. The third-order valence-electron chi connectivity index (χ3n) is 3.96. The maximum atomic E-state index is 12.6. The Labute approximate surface area is 124 Å². The van der Waals surface area contributed by atoms with Crippen LogP contribution in [0, 0.1) is 17.2 Å². The first-order valence-corrected chi connectivity index (χ1v) is 8.94. The zero-order valence-electron chi connectivity index (χ0n) is 11.4. The molecule has 0 aromatic carbocycles. The molecule has 1 aromatic rings. The molecule has 1 fully saturated rings. The van der Waals surface area contributed by atoms with E-state index in [0.29, 0.717) is 11.4 Å². The molecule has 5 nitrogen and oxygen atoms in total. The number of hydrogen-bond donors (Lipinski definition) is 1. The Balaban J connectivity index is 2.26. The molecule has 2 atom stereocenters. The molecular formula is C13H19N3O2S2. The molecule has 0 bridgehead atoms. The first-order chi connectivity index (χ1) is 9.50. The minimum Gasteiger partial charge on any atom is -0.330 e. The van der Waals surface area contributed by atoms with Crippen molar-refractivity contribution in [3.8, 4) is 6.07 Å². The van der Waals surface area contributed by atoms with Gasteiger partial charge in [-0.15, -0.1) is 11.3 Å². The van der Waals surface area contributed by atoms with Gasteiger partial charge in [0.25, 0.3) is 10.0 Å². The summed E-state index contributed by atoms with van der Waals surface area (Å²) >= 11 is 1.02.